The average Bonchev–Trinajstić information content (AvgIpc) is 2.91. The van der Waals surface area contributed by atoms with Crippen LogP contribution in [0.4, 0.5) is 5.69 Å². The molecule has 1 fully saturated rings. The number of carbonyl (C=O) groups excluding carboxylic acids is 1. The molecule has 0 saturated carbocycles. The summed E-state index contributed by atoms with van der Waals surface area (Å²) in [6.45, 7) is 8.22. The van der Waals surface area contributed by atoms with Crippen LogP contribution >= 0.6 is 0 Å². The van der Waals surface area contributed by atoms with Gasteiger partial charge in [-0.3, -0.25) is 9.69 Å². The minimum absolute atomic E-state index is 0.0231. The highest BCUT2D eigenvalue weighted by atomic mass is 16.5. The largest absolute Gasteiger partial charge is 0.484 e. The number of likely N-dealkylation sites (tertiary alicyclic amines) is 1. The average molecular weight is 421 g/mol. The molecule has 3 aromatic rings. The van der Waals surface area contributed by atoms with Crippen LogP contribution in [0.3, 0.4) is 0 Å². The molecule has 4 rings (SSSR count). The lowest BCUT2D eigenvalue weighted by Gasteiger charge is -2.19. The smallest absolute Gasteiger partial charge is 0.262 e. The molecular formula is C25H32N4O2. The summed E-state index contributed by atoms with van der Waals surface area (Å²) in [6.07, 6.45) is 5.20. The van der Waals surface area contributed by atoms with Gasteiger partial charge in [0.1, 0.15) is 11.6 Å². The first-order valence-electron chi connectivity index (χ1n) is 11.3. The number of hydrogen-bond donors (Lipinski definition) is 1. The van der Waals surface area contributed by atoms with Crippen LogP contribution in [0.2, 0.25) is 0 Å². The van der Waals surface area contributed by atoms with Crippen molar-refractivity contribution in [2.75, 3.05) is 25.0 Å². The molecule has 31 heavy (non-hydrogen) atoms. The maximum atomic E-state index is 12.3. The molecule has 1 amide bonds. The van der Waals surface area contributed by atoms with E-state index in [1.807, 2.05) is 49.4 Å². The molecule has 0 atom stereocenters. The van der Waals surface area contributed by atoms with Crippen LogP contribution in [0.25, 0.3) is 11.0 Å². The van der Waals surface area contributed by atoms with Crippen molar-refractivity contribution in [2.24, 2.45) is 0 Å². The van der Waals surface area contributed by atoms with Crippen molar-refractivity contribution >= 4 is 22.6 Å². The van der Waals surface area contributed by atoms with Gasteiger partial charge >= 0.3 is 0 Å². The van der Waals surface area contributed by atoms with Gasteiger partial charge in [-0.2, -0.15) is 0 Å². The highest BCUT2D eigenvalue weighted by molar-refractivity contribution is 5.94. The number of imidazole rings is 1. The summed E-state index contributed by atoms with van der Waals surface area (Å²) in [5.74, 6) is 1.61. The Balaban J connectivity index is 1.43. The van der Waals surface area contributed by atoms with Crippen LogP contribution in [-0.4, -0.2) is 40.1 Å². The third-order valence-electron chi connectivity index (χ3n) is 5.88. The van der Waals surface area contributed by atoms with E-state index in [2.05, 4.69) is 21.7 Å². The fraction of sp³-hybridized carbons (Fsp3) is 0.440. The number of carbonyl (C=O) groups is 1. The van der Waals surface area contributed by atoms with E-state index in [0.717, 1.165) is 54.3 Å². The van der Waals surface area contributed by atoms with Gasteiger partial charge in [-0.25, -0.2) is 4.98 Å². The first-order valence-corrected chi connectivity index (χ1v) is 11.3. The van der Waals surface area contributed by atoms with Crippen molar-refractivity contribution in [1.82, 2.24) is 14.5 Å². The molecule has 0 radical (unpaired) electrons. The zero-order valence-electron chi connectivity index (χ0n) is 18.6. The normalized spacial score (nSPS) is 15.0. The van der Waals surface area contributed by atoms with Crippen molar-refractivity contribution < 1.29 is 9.53 Å². The Morgan fingerprint density at radius 2 is 1.81 bits per heavy atom. The molecule has 6 nitrogen and oxygen atoms in total. The van der Waals surface area contributed by atoms with E-state index >= 15 is 0 Å². The highest BCUT2D eigenvalue weighted by Crippen LogP contribution is 2.22. The Morgan fingerprint density at radius 3 is 2.52 bits per heavy atom. The van der Waals surface area contributed by atoms with Gasteiger partial charge in [0, 0.05) is 12.2 Å². The monoisotopic (exact) mass is 420 g/mol. The second-order valence-electron chi connectivity index (χ2n) is 8.32. The van der Waals surface area contributed by atoms with E-state index in [-0.39, 0.29) is 12.5 Å². The first-order chi connectivity index (χ1) is 15.1. The molecule has 2 aromatic carbocycles. The summed E-state index contributed by atoms with van der Waals surface area (Å²) in [6, 6.07) is 13.6. The number of nitrogens with zero attached hydrogens (tertiary/aromatic N) is 3. The molecule has 0 aliphatic carbocycles. The molecule has 0 spiro atoms. The molecule has 1 N–H and O–H groups in total. The van der Waals surface area contributed by atoms with Crippen LogP contribution < -0.4 is 10.1 Å². The quantitative estimate of drug-likeness (QED) is 0.599. The summed E-state index contributed by atoms with van der Waals surface area (Å²) in [4.78, 5) is 19.8. The number of aryl methyl sites for hydroxylation is 2. The van der Waals surface area contributed by atoms with Crippen LogP contribution in [0.1, 0.15) is 44.0 Å². The topological polar surface area (TPSA) is 59.4 Å². The standard InChI is InChI=1S/C25H32N4O2/c1-3-29-23-13-10-20(26-25(30)18-31-21-11-8-19(2)9-12-21)16-22(23)27-24(29)17-28-14-6-4-5-7-15-28/h8-13,16H,3-7,14-15,17-18H2,1-2H3,(H,26,30). The van der Waals surface area contributed by atoms with E-state index in [4.69, 9.17) is 9.72 Å². The summed E-state index contributed by atoms with van der Waals surface area (Å²) >= 11 is 0. The third-order valence-corrected chi connectivity index (χ3v) is 5.88. The maximum absolute atomic E-state index is 12.3. The summed E-state index contributed by atoms with van der Waals surface area (Å²) in [7, 11) is 0. The van der Waals surface area contributed by atoms with E-state index in [1.165, 1.54) is 25.7 Å². The fourth-order valence-corrected chi connectivity index (χ4v) is 4.21. The number of ether oxygens (including phenoxy) is 1. The predicted octanol–water partition coefficient (Wildman–Crippen LogP) is 4.76. The lowest BCUT2D eigenvalue weighted by atomic mass is 10.2. The molecule has 0 bridgehead atoms. The Hall–Kier alpha value is -2.86. The number of nitrogens with one attached hydrogen (secondary N) is 1. The van der Waals surface area contributed by atoms with Crippen LogP contribution in [0.15, 0.2) is 42.5 Å². The van der Waals surface area contributed by atoms with Gasteiger partial charge in [0.2, 0.25) is 0 Å². The van der Waals surface area contributed by atoms with Crippen molar-refractivity contribution in [3.8, 4) is 5.75 Å². The zero-order chi connectivity index (χ0) is 21.6. The minimum Gasteiger partial charge on any atom is -0.484 e. The number of rotatable bonds is 7. The molecule has 1 aliphatic rings. The lowest BCUT2D eigenvalue weighted by Crippen LogP contribution is -2.25. The van der Waals surface area contributed by atoms with Gasteiger partial charge in [-0.15, -0.1) is 0 Å². The Labute approximate surface area is 184 Å². The van der Waals surface area contributed by atoms with Gasteiger partial charge in [0.15, 0.2) is 6.61 Å². The fourth-order valence-electron chi connectivity index (χ4n) is 4.21. The zero-order valence-corrected chi connectivity index (χ0v) is 18.6. The number of anilines is 1. The number of aromatic nitrogens is 2. The van der Waals surface area contributed by atoms with E-state index < -0.39 is 0 Å². The van der Waals surface area contributed by atoms with Gasteiger partial charge in [0.05, 0.1) is 17.6 Å². The molecule has 6 heteroatoms. The number of hydrogen-bond acceptors (Lipinski definition) is 4. The highest BCUT2D eigenvalue weighted by Gasteiger charge is 2.16. The molecule has 1 saturated heterocycles. The van der Waals surface area contributed by atoms with Crippen molar-refractivity contribution in [2.45, 2.75) is 52.6 Å². The second-order valence-corrected chi connectivity index (χ2v) is 8.32. The number of amides is 1. The third kappa shape index (κ3) is 5.44. The van der Waals surface area contributed by atoms with Crippen LogP contribution in [0, 0.1) is 6.92 Å². The van der Waals surface area contributed by atoms with Crippen LogP contribution in [-0.2, 0) is 17.9 Å². The van der Waals surface area contributed by atoms with Gasteiger partial charge in [-0.1, -0.05) is 30.5 Å². The molecule has 164 valence electrons. The molecule has 2 heterocycles. The molecular weight excluding hydrogens is 388 g/mol. The van der Waals surface area contributed by atoms with Crippen molar-refractivity contribution in [1.29, 1.82) is 0 Å². The SMILES string of the molecule is CCn1c(CN2CCCCCC2)nc2cc(NC(=O)COc3ccc(C)cc3)ccc21. The minimum atomic E-state index is -0.181. The van der Waals surface area contributed by atoms with Gasteiger partial charge < -0.3 is 14.6 Å². The summed E-state index contributed by atoms with van der Waals surface area (Å²) < 4.78 is 7.86. The number of benzene rings is 2. The van der Waals surface area contributed by atoms with Gasteiger partial charge in [0.25, 0.3) is 5.91 Å². The first kappa shape index (κ1) is 21.4. The summed E-state index contributed by atoms with van der Waals surface area (Å²) in [5, 5.41) is 2.93. The maximum Gasteiger partial charge on any atom is 0.262 e. The molecule has 1 aliphatic heterocycles. The Kier molecular flexibility index (Phi) is 6.87. The van der Waals surface area contributed by atoms with Gasteiger partial charge in [-0.05, 0) is 70.1 Å². The predicted molar refractivity (Wildman–Crippen MR) is 124 cm³/mol. The molecule has 1 aromatic heterocycles. The van der Waals surface area contributed by atoms with E-state index in [0.29, 0.717) is 5.75 Å². The second kappa shape index (κ2) is 9.96. The van der Waals surface area contributed by atoms with E-state index in [1.54, 1.807) is 0 Å². The summed E-state index contributed by atoms with van der Waals surface area (Å²) in [5.41, 5.74) is 3.93. The van der Waals surface area contributed by atoms with E-state index in [9.17, 15) is 4.79 Å². The van der Waals surface area contributed by atoms with Crippen molar-refractivity contribution in [3.05, 3.63) is 53.9 Å². The Bertz CT molecular complexity index is 1020. The Morgan fingerprint density at radius 1 is 1.06 bits per heavy atom. The molecule has 0 unspecified atom stereocenters. The number of fused-ring (bicyclic) bond motifs is 1. The lowest BCUT2D eigenvalue weighted by molar-refractivity contribution is -0.118. The van der Waals surface area contributed by atoms with Crippen molar-refractivity contribution in [3.63, 3.8) is 0 Å². The van der Waals surface area contributed by atoms with Crippen LogP contribution in [0.5, 0.6) is 5.75 Å².